The Balaban J connectivity index is 1.82. The number of ether oxygens (including phenoxy) is 2. The van der Waals surface area contributed by atoms with Gasteiger partial charge < -0.3 is 19.1 Å². The number of H-pyrrole nitrogens is 1. The number of aromatic nitrogens is 2. The molecule has 6 atom stereocenters. The number of rotatable bonds is 11. The van der Waals surface area contributed by atoms with Crippen LogP contribution >= 0.6 is 7.75 Å². The van der Waals surface area contributed by atoms with Gasteiger partial charge in [0, 0.05) is 12.3 Å². The van der Waals surface area contributed by atoms with E-state index in [0.29, 0.717) is 0 Å². The summed E-state index contributed by atoms with van der Waals surface area (Å²) in [4.78, 5) is 38.3. The molecule has 1 fully saturated rings. The third kappa shape index (κ3) is 6.78. The number of carbonyl (C=O) groups is 1. The van der Waals surface area contributed by atoms with Gasteiger partial charge >= 0.3 is 19.4 Å². The number of aromatic amines is 1. The van der Waals surface area contributed by atoms with Crippen molar-refractivity contribution in [3.8, 4) is 11.8 Å². The number of carbonyl (C=O) groups excluding carboxylic acids is 1. The van der Waals surface area contributed by atoms with Gasteiger partial charge in [-0.25, -0.2) is 9.36 Å². The van der Waals surface area contributed by atoms with E-state index in [1.165, 1.54) is 26.0 Å². The molecule has 0 radical (unpaired) electrons. The lowest BCUT2D eigenvalue weighted by Crippen LogP contribution is -2.41. The summed E-state index contributed by atoms with van der Waals surface area (Å²) in [6.07, 6.45) is -2.88. The van der Waals surface area contributed by atoms with Gasteiger partial charge in [0.05, 0.1) is 19.3 Å². The SMILES string of the molecule is CC(C)COC(=O)[C@H](C)NP(=O)(OCC1OC(n2ccc(=O)[nH]c2=O)C(C)(C#N)[C@@H]1O)Oc1ccccc1. The fourth-order valence-corrected chi connectivity index (χ4v) is 5.18. The van der Waals surface area contributed by atoms with E-state index in [-0.39, 0.29) is 18.3 Å². The second-order valence-electron chi connectivity index (χ2n) is 9.46. The Morgan fingerprint density at radius 2 is 1.97 bits per heavy atom. The fourth-order valence-electron chi connectivity index (χ4n) is 3.68. The zero-order chi connectivity index (χ0) is 28.1. The van der Waals surface area contributed by atoms with Crippen LogP contribution in [0.15, 0.2) is 52.2 Å². The number of nitrogens with one attached hydrogen (secondary N) is 2. The molecular formula is C24H31N4O9P. The summed E-state index contributed by atoms with van der Waals surface area (Å²) in [5.41, 5.74) is -3.12. The minimum absolute atomic E-state index is 0.0908. The van der Waals surface area contributed by atoms with Crippen LogP contribution in [-0.2, 0) is 23.4 Å². The van der Waals surface area contributed by atoms with Crippen LogP contribution in [-0.4, -0.2) is 52.1 Å². The number of para-hydroxylation sites is 1. The van der Waals surface area contributed by atoms with E-state index in [4.69, 9.17) is 18.5 Å². The lowest BCUT2D eigenvalue weighted by molar-refractivity contribution is -0.146. The average molecular weight is 551 g/mol. The Labute approximate surface area is 218 Å². The molecule has 1 aromatic carbocycles. The first-order valence-corrected chi connectivity index (χ1v) is 13.4. The van der Waals surface area contributed by atoms with Crippen molar-refractivity contribution in [1.82, 2.24) is 14.6 Å². The summed E-state index contributed by atoms with van der Waals surface area (Å²) in [6.45, 7) is 6.17. The highest BCUT2D eigenvalue weighted by molar-refractivity contribution is 7.52. The zero-order valence-electron chi connectivity index (χ0n) is 21.4. The summed E-state index contributed by atoms with van der Waals surface area (Å²) in [5.74, 6) is -0.405. The van der Waals surface area contributed by atoms with Gasteiger partial charge in [-0.3, -0.25) is 23.7 Å². The maximum Gasteiger partial charge on any atom is 0.459 e. The summed E-state index contributed by atoms with van der Waals surface area (Å²) >= 11 is 0. The topological polar surface area (TPSA) is 182 Å². The molecule has 1 saturated heterocycles. The average Bonchev–Trinajstić information content (AvgIpc) is 3.12. The maximum absolute atomic E-state index is 13.7. The molecule has 1 aliphatic rings. The number of nitrogens with zero attached hydrogens (tertiary/aromatic N) is 2. The minimum Gasteiger partial charge on any atom is -0.464 e. The van der Waals surface area contributed by atoms with Crippen LogP contribution in [0.3, 0.4) is 0 Å². The molecule has 2 heterocycles. The van der Waals surface area contributed by atoms with Gasteiger partial charge in [0.2, 0.25) is 0 Å². The largest absolute Gasteiger partial charge is 0.464 e. The third-order valence-electron chi connectivity index (χ3n) is 5.77. The number of hydrogen-bond acceptors (Lipinski definition) is 10. The quantitative estimate of drug-likeness (QED) is 0.274. The van der Waals surface area contributed by atoms with E-state index < -0.39 is 61.5 Å². The lowest BCUT2D eigenvalue weighted by Gasteiger charge is -2.26. The van der Waals surface area contributed by atoms with Crippen LogP contribution in [0, 0.1) is 22.7 Å². The summed E-state index contributed by atoms with van der Waals surface area (Å²) in [5, 5.41) is 23.3. The van der Waals surface area contributed by atoms with Crippen LogP contribution in [0.5, 0.6) is 5.75 Å². The van der Waals surface area contributed by atoms with Gasteiger partial charge in [-0.05, 0) is 31.9 Å². The van der Waals surface area contributed by atoms with Crippen molar-refractivity contribution in [1.29, 1.82) is 5.26 Å². The number of benzene rings is 1. The molecule has 4 unspecified atom stereocenters. The Kier molecular flexibility index (Phi) is 9.30. The van der Waals surface area contributed by atoms with Crippen molar-refractivity contribution in [2.45, 2.75) is 52.2 Å². The molecule has 1 aliphatic heterocycles. The Morgan fingerprint density at radius 3 is 2.58 bits per heavy atom. The van der Waals surface area contributed by atoms with Gasteiger partial charge in [0.25, 0.3) is 5.56 Å². The Bertz CT molecular complexity index is 1320. The van der Waals surface area contributed by atoms with Crippen molar-refractivity contribution in [3.63, 3.8) is 0 Å². The fraction of sp³-hybridized carbons (Fsp3) is 0.500. The molecule has 0 saturated carbocycles. The molecule has 3 rings (SSSR count). The first-order chi connectivity index (χ1) is 17.9. The number of aliphatic hydroxyl groups is 1. The second-order valence-corrected chi connectivity index (χ2v) is 11.1. The van der Waals surface area contributed by atoms with Crippen LogP contribution in [0.25, 0.3) is 0 Å². The first kappa shape index (κ1) is 29.3. The van der Waals surface area contributed by atoms with Crippen LogP contribution < -0.4 is 20.9 Å². The molecule has 2 aromatic rings. The van der Waals surface area contributed by atoms with E-state index in [1.807, 2.05) is 19.9 Å². The van der Waals surface area contributed by atoms with Crippen LogP contribution in [0.1, 0.15) is 33.9 Å². The van der Waals surface area contributed by atoms with Crippen molar-refractivity contribution in [2.24, 2.45) is 11.3 Å². The number of aliphatic hydroxyl groups excluding tert-OH is 1. The lowest BCUT2D eigenvalue weighted by atomic mass is 9.84. The van der Waals surface area contributed by atoms with Gasteiger partial charge in [-0.2, -0.15) is 10.3 Å². The summed E-state index contributed by atoms with van der Waals surface area (Å²) < 4.78 is 36.8. The molecule has 3 N–H and O–H groups in total. The highest BCUT2D eigenvalue weighted by Gasteiger charge is 2.55. The molecule has 14 heteroatoms. The molecule has 0 spiro atoms. The predicted molar refractivity (Wildman–Crippen MR) is 134 cm³/mol. The van der Waals surface area contributed by atoms with E-state index in [9.17, 15) is 29.3 Å². The smallest absolute Gasteiger partial charge is 0.459 e. The van der Waals surface area contributed by atoms with Crippen molar-refractivity contribution >= 4 is 13.7 Å². The number of esters is 1. The second kappa shape index (κ2) is 12.1. The van der Waals surface area contributed by atoms with Gasteiger partial charge in [-0.15, -0.1) is 0 Å². The Hall–Kier alpha value is -3.27. The van der Waals surface area contributed by atoms with Crippen molar-refractivity contribution in [3.05, 3.63) is 63.4 Å². The maximum atomic E-state index is 13.7. The van der Waals surface area contributed by atoms with Gasteiger partial charge in [0.15, 0.2) is 6.23 Å². The monoisotopic (exact) mass is 550 g/mol. The summed E-state index contributed by atoms with van der Waals surface area (Å²) in [7, 11) is -4.28. The van der Waals surface area contributed by atoms with Gasteiger partial charge in [0.1, 0.15) is 29.4 Å². The first-order valence-electron chi connectivity index (χ1n) is 11.9. The zero-order valence-corrected chi connectivity index (χ0v) is 22.3. The molecule has 1 aromatic heterocycles. The minimum atomic E-state index is -4.28. The van der Waals surface area contributed by atoms with Crippen molar-refractivity contribution < 1.29 is 33.0 Å². The number of hydrogen-bond donors (Lipinski definition) is 3. The summed E-state index contributed by atoms with van der Waals surface area (Å²) in [6, 6.07) is 10.0. The third-order valence-corrected chi connectivity index (χ3v) is 7.41. The van der Waals surface area contributed by atoms with E-state index in [2.05, 4.69) is 10.1 Å². The number of nitriles is 1. The van der Waals surface area contributed by atoms with Crippen molar-refractivity contribution in [2.75, 3.05) is 13.2 Å². The molecule has 38 heavy (non-hydrogen) atoms. The highest BCUT2D eigenvalue weighted by Crippen LogP contribution is 2.48. The highest BCUT2D eigenvalue weighted by atomic mass is 31.2. The predicted octanol–water partition coefficient (Wildman–Crippen LogP) is 1.71. The molecule has 13 nitrogen and oxygen atoms in total. The molecule has 0 bridgehead atoms. The normalized spacial score (nSPS) is 25.3. The Morgan fingerprint density at radius 1 is 1.29 bits per heavy atom. The van der Waals surface area contributed by atoms with E-state index in [0.717, 1.165) is 16.8 Å². The van der Waals surface area contributed by atoms with Crippen LogP contribution in [0.4, 0.5) is 0 Å². The van der Waals surface area contributed by atoms with E-state index in [1.54, 1.807) is 18.2 Å². The van der Waals surface area contributed by atoms with Gasteiger partial charge in [-0.1, -0.05) is 32.0 Å². The molecule has 0 aliphatic carbocycles. The molecular weight excluding hydrogens is 519 g/mol. The van der Waals surface area contributed by atoms with E-state index >= 15 is 0 Å². The molecule has 206 valence electrons. The van der Waals surface area contributed by atoms with Crippen LogP contribution in [0.2, 0.25) is 0 Å². The standard InChI is InChI=1S/C24H31N4O9P/c1-15(2)12-34-21(31)16(3)27-38(33,37-17-8-6-5-7-9-17)35-13-18-20(30)24(4,14-25)22(36-18)28-11-10-19(29)26-23(28)32/h5-11,15-16,18,20,22,30H,12-13H2,1-4H3,(H,27,33)(H,26,29,32)/t16-,18?,20+,22?,24?,38?/m0/s1. The molecule has 0 amide bonds.